The van der Waals surface area contributed by atoms with Gasteiger partial charge in [-0.2, -0.15) is 0 Å². The van der Waals surface area contributed by atoms with E-state index in [4.69, 9.17) is 23.2 Å². The molecule has 2 aromatic heterocycles. The van der Waals surface area contributed by atoms with Crippen molar-refractivity contribution >= 4 is 44.3 Å². The Labute approximate surface area is 125 Å². The normalized spacial score (nSPS) is 11.9. The minimum atomic E-state index is -3.82. The number of rotatable bonds is 2. The van der Waals surface area contributed by atoms with Crippen LogP contribution < -0.4 is 0 Å². The molecule has 7 heteroatoms. The third-order valence-electron chi connectivity index (χ3n) is 2.85. The van der Waals surface area contributed by atoms with E-state index in [0.29, 0.717) is 16.1 Å². The Kier molecular flexibility index (Phi) is 3.20. The van der Waals surface area contributed by atoms with E-state index in [0.717, 1.165) is 3.97 Å². The van der Waals surface area contributed by atoms with Gasteiger partial charge in [0, 0.05) is 17.4 Å². The summed E-state index contributed by atoms with van der Waals surface area (Å²) in [6.45, 7) is 0. The van der Waals surface area contributed by atoms with Crippen molar-refractivity contribution in [3.05, 3.63) is 58.8 Å². The molecule has 3 aromatic rings. The van der Waals surface area contributed by atoms with Crippen LogP contribution >= 0.6 is 23.2 Å². The third kappa shape index (κ3) is 2.08. The van der Waals surface area contributed by atoms with Crippen LogP contribution in [0.2, 0.25) is 10.0 Å². The average Bonchev–Trinajstić information content (AvgIpc) is 2.86. The first-order chi connectivity index (χ1) is 9.50. The maximum absolute atomic E-state index is 12.7. The molecule has 20 heavy (non-hydrogen) atoms. The van der Waals surface area contributed by atoms with Gasteiger partial charge in [-0.1, -0.05) is 23.2 Å². The lowest BCUT2D eigenvalue weighted by Gasteiger charge is -2.09. The summed E-state index contributed by atoms with van der Waals surface area (Å²) in [6, 6.07) is 9.32. The Morgan fingerprint density at radius 3 is 2.70 bits per heavy atom. The van der Waals surface area contributed by atoms with E-state index in [2.05, 4.69) is 4.98 Å². The summed E-state index contributed by atoms with van der Waals surface area (Å²) in [5, 5.41) is 0.433. The molecule has 0 amide bonds. The molecule has 0 saturated heterocycles. The highest BCUT2D eigenvalue weighted by molar-refractivity contribution is 7.90. The zero-order valence-corrected chi connectivity index (χ0v) is 12.3. The molecule has 0 unspecified atom stereocenters. The van der Waals surface area contributed by atoms with Gasteiger partial charge in [-0.3, -0.25) is 4.98 Å². The maximum atomic E-state index is 12.7. The molecule has 2 heterocycles. The van der Waals surface area contributed by atoms with Gasteiger partial charge >= 0.3 is 0 Å². The molecule has 0 N–H and O–H groups in total. The second-order valence-corrected chi connectivity index (χ2v) is 6.73. The molecule has 0 radical (unpaired) electrons. The van der Waals surface area contributed by atoms with Gasteiger partial charge in [0.15, 0.2) is 0 Å². The Morgan fingerprint density at radius 1 is 1.10 bits per heavy atom. The summed E-state index contributed by atoms with van der Waals surface area (Å²) in [6.07, 6.45) is 3.05. The summed E-state index contributed by atoms with van der Waals surface area (Å²) in [4.78, 5) is 4.07. The lowest BCUT2D eigenvalue weighted by atomic mass is 10.4. The molecular formula is C13H8Cl2N2O2S. The SMILES string of the molecule is O=S(=O)(c1cc(Cl)ccc1Cl)n1ccc2ncccc21. The maximum Gasteiger partial charge on any atom is 0.269 e. The van der Waals surface area contributed by atoms with Crippen LogP contribution in [0.3, 0.4) is 0 Å². The van der Waals surface area contributed by atoms with Crippen molar-refractivity contribution in [3.8, 4) is 0 Å². The summed E-state index contributed by atoms with van der Waals surface area (Å²) in [5.74, 6) is 0. The molecule has 0 aliphatic rings. The highest BCUT2D eigenvalue weighted by Crippen LogP contribution is 2.28. The molecule has 0 fully saturated rings. The summed E-state index contributed by atoms with van der Waals surface area (Å²) >= 11 is 11.8. The van der Waals surface area contributed by atoms with E-state index in [-0.39, 0.29) is 9.92 Å². The Bertz CT molecular complexity index is 904. The van der Waals surface area contributed by atoms with Crippen molar-refractivity contribution in [1.29, 1.82) is 0 Å². The van der Waals surface area contributed by atoms with Crippen molar-refractivity contribution < 1.29 is 8.42 Å². The van der Waals surface area contributed by atoms with Crippen LogP contribution in [0.4, 0.5) is 0 Å². The fourth-order valence-electron chi connectivity index (χ4n) is 1.93. The van der Waals surface area contributed by atoms with Crippen LogP contribution in [0, 0.1) is 0 Å². The first-order valence-electron chi connectivity index (χ1n) is 5.63. The van der Waals surface area contributed by atoms with Crippen molar-refractivity contribution in [2.45, 2.75) is 4.90 Å². The zero-order valence-electron chi connectivity index (χ0n) is 9.99. The molecular weight excluding hydrogens is 319 g/mol. The molecule has 3 rings (SSSR count). The van der Waals surface area contributed by atoms with E-state index in [1.807, 2.05) is 0 Å². The predicted octanol–water partition coefficient (Wildman–Crippen LogP) is 3.58. The standard InChI is InChI=1S/C13H8Cl2N2O2S/c14-9-3-4-10(15)13(8-9)20(18,19)17-7-5-11-12(17)2-1-6-16-11/h1-8H. The van der Waals surface area contributed by atoms with Gasteiger partial charge in [0.1, 0.15) is 4.90 Å². The van der Waals surface area contributed by atoms with Gasteiger partial charge in [0.05, 0.1) is 16.1 Å². The molecule has 0 bridgehead atoms. The quantitative estimate of drug-likeness (QED) is 0.723. The van der Waals surface area contributed by atoms with Crippen LogP contribution in [0.5, 0.6) is 0 Å². The number of hydrogen-bond acceptors (Lipinski definition) is 3. The number of halogens is 2. The lowest BCUT2D eigenvalue weighted by molar-refractivity contribution is 0.589. The molecule has 0 spiro atoms. The van der Waals surface area contributed by atoms with Crippen molar-refractivity contribution in [2.24, 2.45) is 0 Å². The topological polar surface area (TPSA) is 52.0 Å². The first-order valence-corrected chi connectivity index (χ1v) is 7.82. The Balaban J connectivity index is 2.29. The van der Waals surface area contributed by atoms with Crippen LogP contribution in [0.15, 0.2) is 53.7 Å². The average molecular weight is 327 g/mol. The van der Waals surface area contributed by atoms with Crippen LogP contribution in [-0.2, 0) is 10.0 Å². The van der Waals surface area contributed by atoms with E-state index < -0.39 is 10.0 Å². The van der Waals surface area contributed by atoms with E-state index in [9.17, 15) is 8.42 Å². The fourth-order valence-corrected chi connectivity index (χ4v) is 4.02. The molecule has 1 aromatic carbocycles. The van der Waals surface area contributed by atoms with E-state index in [1.165, 1.54) is 24.4 Å². The van der Waals surface area contributed by atoms with E-state index >= 15 is 0 Å². The van der Waals surface area contributed by atoms with Gasteiger partial charge in [-0.05, 0) is 36.4 Å². The fraction of sp³-hybridized carbons (Fsp3) is 0. The van der Waals surface area contributed by atoms with Gasteiger partial charge in [0.2, 0.25) is 0 Å². The van der Waals surface area contributed by atoms with E-state index in [1.54, 1.807) is 24.4 Å². The number of fused-ring (bicyclic) bond motifs is 1. The molecule has 4 nitrogen and oxygen atoms in total. The molecule has 0 atom stereocenters. The van der Waals surface area contributed by atoms with Gasteiger partial charge in [-0.25, -0.2) is 12.4 Å². The number of benzene rings is 1. The monoisotopic (exact) mass is 326 g/mol. The second kappa shape index (κ2) is 4.77. The van der Waals surface area contributed by atoms with Crippen LogP contribution in [0.25, 0.3) is 11.0 Å². The number of aromatic nitrogens is 2. The van der Waals surface area contributed by atoms with Crippen molar-refractivity contribution in [2.75, 3.05) is 0 Å². The third-order valence-corrected chi connectivity index (χ3v) is 5.26. The molecule has 0 saturated carbocycles. The van der Waals surface area contributed by atoms with Crippen LogP contribution in [0.1, 0.15) is 0 Å². The smallest absolute Gasteiger partial charge is 0.255 e. The highest BCUT2D eigenvalue weighted by Gasteiger charge is 2.22. The second-order valence-electron chi connectivity index (χ2n) is 4.10. The minimum absolute atomic E-state index is 0.0342. The molecule has 102 valence electrons. The minimum Gasteiger partial charge on any atom is -0.255 e. The Hall–Kier alpha value is -1.56. The van der Waals surface area contributed by atoms with Crippen LogP contribution in [-0.4, -0.2) is 17.4 Å². The number of nitrogens with zero attached hydrogens (tertiary/aromatic N) is 2. The molecule has 0 aliphatic heterocycles. The zero-order chi connectivity index (χ0) is 14.3. The predicted molar refractivity (Wildman–Crippen MR) is 78.8 cm³/mol. The Morgan fingerprint density at radius 2 is 1.90 bits per heavy atom. The summed E-state index contributed by atoms with van der Waals surface area (Å²) in [5.41, 5.74) is 1.08. The van der Waals surface area contributed by atoms with Crippen molar-refractivity contribution in [1.82, 2.24) is 8.96 Å². The molecule has 0 aliphatic carbocycles. The lowest BCUT2D eigenvalue weighted by Crippen LogP contribution is -2.12. The van der Waals surface area contributed by atoms with Gasteiger partial charge in [0.25, 0.3) is 10.0 Å². The largest absolute Gasteiger partial charge is 0.269 e. The van der Waals surface area contributed by atoms with Crippen molar-refractivity contribution in [3.63, 3.8) is 0 Å². The van der Waals surface area contributed by atoms with Gasteiger partial charge in [-0.15, -0.1) is 0 Å². The van der Waals surface area contributed by atoms with Gasteiger partial charge < -0.3 is 0 Å². The summed E-state index contributed by atoms with van der Waals surface area (Å²) in [7, 11) is -3.82. The highest BCUT2D eigenvalue weighted by atomic mass is 35.5. The summed E-state index contributed by atoms with van der Waals surface area (Å²) < 4.78 is 26.5. The first kappa shape index (κ1) is 13.4. The number of hydrogen-bond donors (Lipinski definition) is 0. The number of pyridine rings is 1.